The minimum absolute atomic E-state index is 0.400. The van der Waals surface area contributed by atoms with Gasteiger partial charge in [0.05, 0.1) is 16.9 Å². The van der Waals surface area contributed by atoms with Crippen LogP contribution in [0.5, 0.6) is 0 Å². The predicted molar refractivity (Wildman–Crippen MR) is 78.3 cm³/mol. The molecule has 1 heterocycles. The van der Waals surface area contributed by atoms with Crippen molar-refractivity contribution in [3.05, 3.63) is 23.8 Å². The number of anilines is 2. The third-order valence-corrected chi connectivity index (χ3v) is 3.96. The normalized spacial score (nSPS) is 17.4. The van der Waals surface area contributed by atoms with E-state index in [1.165, 1.54) is 0 Å². The average Bonchev–Trinajstić information content (AvgIpc) is 2.38. The van der Waals surface area contributed by atoms with Crippen LogP contribution in [-0.2, 0) is 0 Å². The summed E-state index contributed by atoms with van der Waals surface area (Å²) >= 11 is 0. The minimum atomic E-state index is -0.476. The number of primary amides is 1. The smallest absolute Gasteiger partial charge is 0.250 e. The number of nitrogens with two attached hydrogens (primary N) is 2. The summed E-state index contributed by atoms with van der Waals surface area (Å²) in [6.07, 6.45) is 2.21. The van der Waals surface area contributed by atoms with Crippen LogP contribution in [0, 0.1) is 0 Å². The first-order valence-corrected chi connectivity index (χ1v) is 6.60. The van der Waals surface area contributed by atoms with Gasteiger partial charge in [-0.25, -0.2) is 0 Å². The Morgan fingerprint density at radius 3 is 2.58 bits per heavy atom. The van der Waals surface area contributed by atoms with Gasteiger partial charge < -0.3 is 21.3 Å². The molecule has 0 saturated carbocycles. The maximum absolute atomic E-state index is 11.3. The molecule has 1 aliphatic rings. The molecule has 0 spiro atoms. The fraction of sp³-hybridized carbons (Fsp3) is 0.500. The fourth-order valence-corrected chi connectivity index (χ4v) is 2.65. The van der Waals surface area contributed by atoms with E-state index in [0.717, 1.165) is 31.6 Å². The van der Waals surface area contributed by atoms with Crippen molar-refractivity contribution in [1.29, 1.82) is 0 Å². The second kappa shape index (κ2) is 5.48. The van der Waals surface area contributed by atoms with Crippen LogP contribution in [0.3, 0.4) is 0 Å². The third kappa shape index (κ3) is 2.81. The van der Waals surface area contributed by atoms with Crippen LogP contribution in [0.25, 0.3) is 0 Å². The molecule has 0 aromatic heterocycles. The van der Waals surface area contributed by atoms with E-state index in [2.05, 4.69) is 16.8 Å². The number of para-hydroxylation sites is 1. The molecule has 1 amide bonds. The zero-order valence-corrected chi connectivity index (χ0v) is 11.6. The lowest BCUT2D eigenvalue weighted by molar-refractivity contribution is 0.100. The van der Waals surface area contributed by atoms with Crippen LogP contribution in [0.2, 0.25) is 0 Å². The Hall–Kier alpha value is -1.75. The van der Waals surface area contributed by atoms with Crippen LogP contribution in [0.1, 0.15) is 23.2 Å². The number of amides is 1. The average molecular weight is 262 g/mol. The summed E-state index contributed by atoms with van der Waals surface area (Å²) in [7, 11) is 4.17. The monoisotopic (exact) mass is 262 g/mol. The Balaban J connectivity index is 2.21. The Kier molecular flexibility index (Phi) is 3.95. The Bertz CT molecular complexity index is 467. The first-order valence-electron chi connectivity index (χ1n) is 6.60. The lowest BCUT2D eigenvalue weighted by atomic mass is 10.0. The third-order valence-electron chi connectivity index (χ3n) is 3.96. The number of rotatable bonds is 3. The van der Waals surface area contributed by atoms with Crippen molar-refractivity contribution < 1.29 is 4.79 Å². The zero-order chi connectivity index (χ0) is 14.0. The molecule has 0 bridgehead atoms. The van der Waals surface area contributed by atoms with Gasteiger partial charge in [-0.1, -0.05) is 6.07 Å². The molecule has 0 radical (unpaired) electrons. The van der Waals surface area contributed by atoms with Crippen LogP contribution in [-0.4, -0.2) is 44.0 Å². The van der Waals surface area contributed by atoms with Crippen LogP contribution in [0.4, 0.5) is 11.4 Å². The number of carbonyl (C=O) groups excluding carboxylic acids is 1. The number of benzene rings is 1. The van der Waals surface area contributed by atoms with Gasteiger partial charge in [-0.2, -0.15) is 0 Å². The summed E-state index contributed by atoms with van der Waals surface area (Å²) in [5.74, 6) is -0.476. The first-order chi connectivity index (χ1) is 9.00. The fourth-order valence-electron chi connectivity index (χ4n) is 2.65. The number of likely N-dealkylation sites (tertiary alicyclic amines) is 1. The molecule has 2 rings (SSSR count). The van der Waals surface area contributed by atoms with Gasteiger partial charge in [-0.3, -0.25) is 4.79 Å². The largest absolute Gasteiger partial charge is 0.396 e. The molecule has 5 nitrogen and oxygen atoms in total. The highest BCUT2D eigenvalue weighted by Crippen LogP contribution is 2.29. The standard InChI is InChI=1S/C14H22N4O/c1-17-8-6-10(7-9-17)18(2)12-5-3-4-11(13(12)15)14(16)19/h3-5,10H,6-9,15H2,1-2H3,(H2,16,19). The molecule has 5 heteroatoms. The van der Waals surface area contributed by atoms with Crippen molar-refractivity contribution in [2.24, 2.45) is 5.73 Å². The lowest BCUT2D eigenvalue weighted by Gasteiger charge is -2.37. The van der Waals surface area contributed by atoms with Gasteiger partial charge in [0.25, 0.3) is 5.91 Å². The van der Waals surface area contributed by atoms with E-state index in [4.69, 9.17) is 11.5 Å². The van der Waals surface area contributed by atoms with E-state index < -0.39 is 5.91 Å². The summed E-state index contributed by atoms with van der Waals surface area (Å²) in [4.78, 5) is 15.8. The predicted octanol–water partition coefficient (Wildman–Crippen LogP) is 0.898. The minimum Gasteiger partial charge on any atom is -0.396 e. The molecule has 1 aromatic rings. The van der Waals surface area contributed by atoms with Crippen molar-refractivity contribution in [2.45, 2.75) is 18.9 Å². The van der Waals surface area contributed by atoms with Gasteiger partial charge in [0.15, 0.2) is 0 Å². The van der Waals surface area contributed by atoms with E-state index >= 15 is 0 Å². The van der Waals surface area contributed by atoms with Crippen LogP contribution >= 0.6 is 0 Å². The molecule has 0 atom stereocenters. The number of hydrogen-bond donors (Lipinski definition) is 2. The van der Waals surface area contributed by atoms with Gasteiger partial charge in [0.1, 0.15) is 0 Å². The Morgan fingerprint density at radius 1 is 1.37 bits per heavy atom. The molecule has 0 unspecified atom stereocenters. The highest BCUT2D eigenvalue weighted by Gasteiger charge is 2.23. The number of nitrogens with zero attached hydrogens (tertiary/aromatic N) is 2. The van der Waals surface area contributed by atoms with Gasteiger partial charge in [0, 0.05) is 13.1 Å². The van der Waals surface area contributed by atoms with E-state index in [1.54, 1.807) is 6.07 Å². The molecule has 4 N–H and O–H groups in total. The van der Waals surface area contributed by atoms with Crippen LogP contribution < -0.4 is 16.4 Å². The van der Waals surface area contributed by atoms with Crippen molar-refractivity contribution in [1.82, 2.24) is 4.90 Å². The maximum Gasteiger partial charge on any atom is 0.250 e. The Labute approximate surface area is 114 Å². The molecular formula is C14H22N4O. The summed E-state index contributed by atoms with van der Waals surface area (Å²) in [5, 5.41) is 0. The number of nitrogen functional groups attached to an aromatic ring is 1. The number of hydrogen-bond acceptors (Lipinski definition) is 4. The summed E-state index contributed by atoms with van der Waals surface area (Å²) in [5.41, 5.74) is 13.2. The second-order valence-electron chi connectivity index (χ2n) is 5.25. The highest BCUT2D eigenvalue weighted by molar-refractivity contribution is 6.00. The van der Waals surface area contributed by atoms with Crippen LogP contribution in [0.15, 0.2) is 18.2 Å². The highest BCUT2D eigenvalue weighted by atomic mass is 16.1. The summed E-state index contributed by atoms with van der Waals surface area (Å²) < 4.78 is 0. The molecule has 0 aliphatic carbocycles. The molecule has 1 aromatic carbocycles. The number of carbonyl (C=O) groups is 1. The van der Waals surface area contributed by atoms with Gasteiger partial charge in [-0.05, 0) is 45.1 Å². The summed E-state index contributed by atoms with van der Waals surface area (Å²) in [6.45, 7) is 2.18. The SMILES string of the molecule is CN1CCC(N(C)c2cccc(C(N)=O)c2N)CC1. The molecule has 1 saturated heterocycles. The van der Waals surface area contributed by atoms with Gasteiger partial charge in [0.2, 0.25) is 0 Å². The van der Waals surface area contributed by atoms with E-state index in [0.29, 0.717) is 17.3 Å². The molecule has 19 heavy (non-hydrogen) atoms. The van der Waals surface area contributed by atoms with E-state index in [1.807, 2.05) is 19.2 Å². The maximum atomic E-state index is 11.3. The molecule has 1 fully saturated rings. The first kappa shape index (κ1) is 13.7. The second-order valence-corrected chi connectivity index (χ2v) is 5.25. The summed E-state index contributed by atoms with van der Waals surface area (Å²) in [6, 6.07) is 5.91. The van der Waals surface area contributed by atoms with Crippen molar-refractivity contribution in [2.75, 3.05) is 37.8 Å². The lowest BCUT2D eigenvalue weighted by Crippen LogP contribution is -2.42. The Morgan fingerprint density at radius 2 is 2.00 bits per heavy atom. The number of piperidine rings is 1. The molecular weight excluding hydrogens is 240 g/mol. The van der Waals surface area contributed by atoms with Crippen molar-refractivity contribution in [3.63, 3.8) is 0 Å². The van der Waals surface area contributed by atoms with E-state index in [9.17, 15) is 4.79 Å². The van der Waals surface area contributed by atoms with Gasteiger partial charge in [-0.15, -0.1) is 0 Å². The molecule has 104 valence electrons. The van der Waals surface area contributed by atoms with E-state index in [-0.39, 0.29) is 0 Å². The van der Waals surface area contributed by atoms with Crippen molar-refractivity contribution in [3.8, 4) is 0 Å². The zero-order valence-electron chi connectivity index (χ0n) is 11.6. The molecule has 1 aliphatic heterocycles. The van der Waals surface area contributed by atoms with Gasteiger partial charge >= 0.3 is 0 Å². The quantitative estimate of drug-likeness (QED) is 0.794. The van der Waals surface area contributed by atoms with Crippen molar-refractivity contribution >= 4 is 17.3 Å². The topological polar surface area (TPSA) is 75.6 Å².